The van der Waals surface area contributed by atoms with Crippen molar-refractivity contribution in [3.63, 3.8) is 0 Å². The van der Waals surface area contributed by atoms with Crippen molar-refractivity contribution in [3.8, 4) is 17.2 Å². The quantitative estimate of drug-likeness (QED) is 0.0418. The number of rotatable bonds is 17. The lowest BCUT2D eigenvalue weighted by atomic mass is 9.41. The van der Waals surface area contributed by atoms with Gasteiger partial charge in [-0.3, -0.25) is 9.59 Å². The fraction of sp³-hybridized carbons (Fsp3) is 0.592. The highest BCUT2D eigenvalue weighted by molar-refractivity contribution is 7.88. The summed E-state index contributed by atoms with van der Waals surface area (Å²) in [6.45, 7) is 29.6. The Morgan fingerprint density at radius 2 is 1.07 bits per heavy atom. The first-order valence-electron chi connectivity index (χ1n) is 23.2. The van der Waals surface area contributed by atoms with Gasteiger partial charge in [-0.1, -0.05) is 102 Å². The topological polar surface area (TPSA) is 142 Å². The summed E-state index contributed by atoms with van der Waals surface area (Å²) in [6, 6.07) is 18.9. The molecule has 0 N–H and O–H groups in total. The van der Waals surface area contributed by atoms with Crippen molar-refractivity contribution < 1.29 is 68.2 Å². The molecule has 3 aliphatic rings. The number of aldehydes is 2. The Hall–Kier alpha value is -3.87. The van der Waals surface area contributed by atoms with Crippen LogP contribution in [0.5, 0.6) is 17.2 Å². The fourth-order valence-electron chi connectivity index (χ4n) is 7.71. The van der Waals surface area contributed by atoms with E-state index in [-0.39, 0.29) is 57.4 Å². The molecule has 0 radical (unpaired) electrons. The van der Waals surface area contributed by atoms with Crippen LogP contribution in [-0.2, 0) is 40.1 Å². The summed E-state index contributed by atoms with van der Waals surface area (Å²) in [4.78, 5) is 22.6. The van der Waals surface area contributed by atoms with Gasteiger partial charge in [0, 0.05) is 12.0 Å². The molecule has 3 saturated heterocycles. The van der Waals surface area contributed by atoms with Crippen LogP contribution in [0.3, 0.4) is 0 Å². The molecule has 374 valence electrons. The monoisotopic (exact) mass is 972 g/mol. The molecule has 0 atom stereocenters. The molecule has 3 aromatic rings. The van der Waals surface area contributed by atoms with Gasteiger partial charge in [0.1, 0.15) is 12.0 Å². The highest BCUT2D eigenvalue weighted by atomic mass is 32.2. The summed E-state index contributed by atoms with van der Waals surface area (Å²) in [7, 11) is -6.89. The lowest BCUT2D eigenvalue weighted by molar-refractivity contribution is -0.0500. The number of para-hydroxylation sites is 1. The molecule has 12 nitrogen and oxygen atoms in total. The maximum Gasteiger partial charge on any atom is 0.534 e. The predicted octanol–water partition coefficient (Wildman–Crippen LogP) is 10.4. The molecule has 0 bridgehead atoms. The highest BCUT2D eigenvalue weighted by Gasteiger charge is 2.64. The van der Waals surface area contributed by atoms with E-state index in [1.54, 1.807) is 0 Å². The van der Waals surface area contributed by atoms with E-state index in [4.69, 9.17) is 32.8 Å². The van der Waals surface area contributed by atoms with Crippen molar-refractivity contribution >= 4 is 48.9 Å². The fourth-order valence-corrected chi connectivity index (χ4v) is 8.20. The van der Waals surface area contributed by atoms with Gasteiger partial charge in [0.15, 0.2) is 24.5 Å². The summed E-state index contributed by atoms with van der Waals surface area (Å²) in [5.74, 6) is -0.183. The van der Waals surface area contributed by atoms with Crippen LogP contribution < -0.4 is 19.1 Å². The molecule has 3 aromatic carbocycles. The molecule has 19 heteroatoms. The van der Waals surface area contributed by atoms with Crippen molar-refractivity contribution in [2.75, 3.05) is 19.8 Å². The second-order valence-corrected chi connectivity index (χ2v) is 22.3. The van der Waals surface area contributed by atoms with E-state index in [0.717, 1.165) is 66.8 Å². The van der Waals surface area contributed by atoms with Gasteiger partial charge in [0.25, 0.3) is 0 Å². The highest BCUT2D eigenvalue weighted by Crippen LogP contribution is 2.53. The Labute approximate surface area is 403 Å². The molecule has 3 heterocycles. The molecule has 0 aromatic heterocycles. The first-order chi connectivity index (χ1) is 31.4. The van der Waals surface area contributed by atoms with Crippen LogP contribution in [0, 0.1) is 10.8 Å². The van der Waals surface area contributed by atoms with Crippen LogP contribution in [0.1, 0.15) is 136 Å². The van der Waals surface area contributed by atoms with E-state index in [2.05, 4.69) is 38.8 Å². The van der Waals surface area contributed by atoms with Gasteiger partial charge in [0.05, 0.1) is 54.4 Å². The predicted molar refractivity (Wildman–Crippen MR) is 261 cm³/mol. The van der Waals surface area contributed by atoms with E-state index >= 15 is 0 Å². The molecule has 0 saturated carbocycles. The lowest BCUT2D eigenvalue weighted by Gasteiger charge is -2.35. The van der Waals surface area contributed by atoms with Crippen LogP contribution in [-0.4, -0.2) is 89.5 Å². The van der Waals surface area contributed by atoms with Crippen LogP contribution in [0.4, 0.5) is 13.2 Å². The molecule has 68 heavy (non-hydrogen) atoms. The van der Waals surface area contributed by atoms with Crippen LogP contribution in [0.25, 0.3) is 0 Å². The molecule has 0 unspecified atom stereocenters. The van der Waals surface area contributed by atoms with E-state index in [0.29, 0.717) is 26.3 Å². The average molecular weight is 973 g/mol. The van der Waals surface area contributed by atoms with Gasteiger partial charge in [-0.25, -0.2) is 0 Å². The zero-order chi connectivity index (χ0) is 51.0. The SMILES string of the molecule is CC1(C)OB(B2OC(C)(C)C(C)(C)O2)OC1(C)C.CCCCOc1cccc(C=O)c1B1CC(C)(C)C(C)(C)C1.O=Cc1cccc(OCCCOCc2ccccc2)c1OS(=O)(=O)C(F)(F)F. The van der Waals surface area contributed by atoms with E-state index in [9.17, 15) is 31.2 Å². The first-order valence-corrected chi connectivity index (χ1v) is 24.6. The Morgan fingerprint density at radius 1 is 0.618 bits per heavy atom. The van der Waals surface area contributed by atoms with Crippen LogP contribution in [0.15, 0.2) is 66.7 Å². The molecule has 0 spiro atoms. The van der Waals surface area contributed by atoms with Gasteiger partial charge in [-0.05, 0) is 102 Å². The van der Waals surface area contributed by atoms with Crippen LogP contribution >= 0.6 is 0 Å². The van der Waals surface area contributed by atoms with Crippen molar-refractivity contribution in [2.45, 2.75) is 156 Å². The summed E-state index contributed by atoms with van der Waals surface area (Å²) in [5.41, 5.74) is -4.00. The van der Waals surface area contributed by atoms with Crippen molar-refractivity contribution in [1.82, 2.24) is 0 Å². The standard InChI is InChI=1S/C19H29BO2.C18H17F3O6S.C12H24B2O4/c1-6-7-11-22-16-10-8-9-15(12-21)17(16)20-13-18(2,3)19(4,5)14-20;19-18(20,21)28(23,24)27-17-15(12-22)8-4-9-16(17)26-11-5-10-25-13-14-6-2-1-3-7-14;1-9(2)10(3,4)16-13(15-9)14-17-11(5,6)12(7,8)18-14/h8-10,12H,6-7,11,13-14H2,1-5H3;1-4,6-9,12H,5,10-11,13H2;1-8H3. The van der Waals surface area contributed by atoms with Gasteiger partial charge in [0.2, 0.25) is 0 Å². The van der Waals surface area contributed by atoms with Crippen LogP contribution in [0.2, 0.25) is 12.6 Å². The third-order valence-electron chi connectivity index (χ3n) is 13.9. The normalized spacial score (nSPS) is 19.6. The molecule has 0 amide bonds. The second kappa shape index (κ2) is 22.5. The van der Waals surface area contributed by atoms with Crippen molar-refractivity contribution in [3.05, 3.63) is 83.4 Å². The summed E-state index contributed by atoms with van der Waals surface area (Å²) >= 11 is 0. The summed E-state index contributed by atoms with van der Waals surface area (Å²) in [5, 5.41) is 0. The number of carbonyl (C=O) groups excluding carboxylic acids is 2. The Morgan fingerprint density at radius 3 is 1.54 bits per heavy atom. The van der Waals surface area contributed by atoms with E-state index in [1.807, 2.05) is 104 Å². The van der Waals surface area contributed by atoms with Crippen molar-refractivity contribution in [1.29, 1.82) is 0 Å². The molecular formula is C49H70B3F3O12S. The minimum atomic E-state index is -5.94. The number of hydrogen-bond acceptors (Lipinski definition) is 12. The lowest BCUT2D eigenvalue weighted by Crippen LogP contribution is -2.41. The third-order valence-corrected chi connectivity index (χ3v) is 14.9. The summed E-state index contributed by atoms with van der Waals surface area (Å²) in [6.07, 6.45) is 5.92. The maximum atomic E-state index is 12.6. The first kappa shape index (κ1) is 56.7. The third kappa shape index (κ3) is 13.9. The van der Waals surface area contributed by atoms with E-state index < -0.39 is 35.4 Å². The van der Waals surface area contributed by atoms with Gasteiger partial charge >= 0.3 is 29.6 Å². The molecule has 3 aliphatic heterocycles. The zero-order valence-corrected chi connectivity index (χ0v) is 42.9. The maximum absolute atomic E-state index is 12.6. The van der Waals surface area contributed by atoms with Crippen molar-refractivity contribution in [2.24, 2.45) is 10.8 Å². The average Bonchev–Trinajstić information content (AvgIpc) is 3.71. The molecule has 6 rings (SSSR count). The van der Waals surface area contributed by atoms with Gasteiger partial charge < -0.3 is 37.0 Å². The van der Waals surface area contributed by atoms with Gasteiger partial charge in [-0.2, -0.15) is 21.6 Å². The van der Waals surface area contributed by atoms with Gasteiger partial charge in [-0.15, -0.1) is 0 Å². The number of unbranched alkanes of at least 4 members (excludes halogenated alkanes) is 1. The number of alkyl halides is 3. The molecule has 3 fully saturated rings. The largest absolute Gasteiger partial charge is 0.534 e. The minimum absolute atomic E-state index is 0.0134. The number of carbonyl (C=O) groups is 2. The Kier molecular flexibility index (Phi) is 18.7. The van der Waals surface area contributed by atoms with E-state index in [1.165, 1.54) is 12.1 Å². The number of ether oxygens (including phenoxy) is 3. The number of halogens is 3. The Bertz CT molecular complexity index is 2170. The number of hydrogen-bond donors (Lipinski definition) is 0. The summed E-state index contributed by atoms with van der Waals surface area (Å²) < 4.78 is 105. The second-order valence-electron chi connectivity index (χ2n) is 20.7. The smallest absolute Gasteiger partial charge is 0.494 e. The molecule has 0 aliphatic carbocycles. The zero-order valence-electron chi connectivity index (χ0n) is 42.0. The Balaban J connectivity index is 0.000000228. The molecular weight excluding hydrogens is 902 g/mol. The number of benzene rings is 3. The minimum Gasteiger partial charge on any atom is -0.494 e.